The van der Waals surface area contributed by atoms with Gasteiger partial charge in [0.15, 0.2) is 0 Å². The number of hydrogen-bond acceptors (Lipinski definition) is 2. The van der Waals surface area contributed by atoms with E-state index in [9.17, 15) is 0 Å². The molecule has 0 bridgehead atoms. The highest BCUT2D eigenvalue weighted by Gasteiger charge is 2.25. The highest BCUT2D eigenvalue weighted by atomic mass is 16.5. The minimum atomic E-state index is 0.474. The Balaban J connectivity index is 1.57. The molecule has 0 spiro atoms. The third-order valence-electron chi connectivity index (χ3n) is 4.64. The van der Waals surface area contributed by atoms with Crippen LogP contribution in [0.15, 0.2) is 24.3 Å². The fraction of sp³-hybridized carbons (Fsp3) is 0.647. The smallest absolute Gasteiger partial charge is 0.0587 e. The van der Waals surface area contributed by atoms with Gasteiger partial charge in [-0.05, 0) is 49.7 Å². The molecule has 1 aromatic rings. The van der Waals surface area contributed by atoms with Crippen LogP contribution >= 0.6 is 0 Å². The molecule has 1 aromatic carbocycles. The molecule has 1 saturated heterocycles. The van der Waals surface area contributed by atoms with Gasteiger partial charge in [0.1, 0.15) is 0 Å². The quantitative estimate of drug-likeness (QED) is 0.900. The highest BCUT2D eigenvalue weighted by molar-refractivity contribution is 5.30. The van der Waals surface area contributed by atoms with Crippen molar-refractivity contribution in [3.05, 3.63) is 35.4 Å². The average Bonchev–Trinajstić information content (AvgIpc) is 2.47. The Kier molecular flexibility index (Phi) is 4.19. The van der Waals surface area contributed by atoms with Crippen LogP contribution in [-0.2, 0) is 17.6 Å². The molecule has 2 nitrogen and oxygen atoms in total. The van der Waals surface area contributed by atoms with E-state index in [1.54, 1.807) is 11.1 Å². The van der Waals surface area contributed by atoms with Crippen molar-refractivity contribution in [1.82, 2.24) is 5.32 Å². The Morgan fingerprint density at radius 2 is 2.00 bits per heavy atom. The highest BCUT2D eigenvalue weighted by Crippen LogP contribution is 2.23. The fourth-order valence-electron chi connectivity index (χ4n) is 3.49. The SMILES string of the molecule is CCC1CC(NC2CCc3ccccc3C2)CCO1. The van der Waals surface area contributed by atoms with Gasteiger partial charge in [0.2, 0.25) is 0 Å². The van der Waals surface area contributed by atoms with Gasteiger partial charge in [-0.15, -0.1) is 0 Å². The summed E-state index contributed by atoms with van der Waals surface area (Å²) in [6.07, 6.45) is 7.70. The fourth-order valence-corrected chi connectivity index (χ4v) is 3.49. The molecule has 104 valence electrons. The summed E-state index contributed by atoms with van der Waals surface area (Å²) in [6.45, 7) is 3.16. The van der Waals surface area contributed by atoms with Crippen molar-refractivity contribution in [3.8, 4) is 0 Å². The second-order valence-corrected chi connectivity index (χ2v) is 6.00. The molecule has 0 aromatic heterocycles. The monoisotopic (exact) mass is 259 g/mol. The molecule has 3 rings (SSSR count). The van der Waals surface area contributed by atoms with Gasteiger partial charge in [-0.2, -0.15) is 0 Å². The first-order valence-corrected chi connectivity index (χ1v) is 7.79. The molecule has 3 atom stereocenters. The maximum Gasteiger partial charge on any atom is 0.0587 e. The lowest BCUT2D eigenvalue weighted by molar-refractivity contribution is -0.00221. The van der Waals surface area contributed by atoms with Gasteiger partial charge in [0.25, 0.3) is 0 Å². The zero-order valence-corrected chi connectivity index (χ0v) is 11.9. The number of hydrogen-bond donors (Lipinski definition) is 1. The molecule has 1 aliphatic heterocycles. The predicted molar refractivity (Wildman–Crippen MR) is 78.4 cm³/mol. The minimum absolute atomic E-state index is 0.474. The summed E-state index contributed by atoms with van der Waals surface area (Å²) in [5.74, 6) is 0. The van der Waals surface area contributed by atoms with E-state index in [-0.39, 0.29) is 0 Å². The molecular formula is C17H25NO. The van der Waals surface area contributed by atoms with Crippen molar-refractivity contribution in [2.75, 3.05) is 6.61 Å². The van der Waals surface area contributed by atoms with E-state index in [1.807, 2.05) is 0 Å². The number of ether oxygens (including phenoxy) is 1. The van der Waals surface area contributed by atoms with Crippen LogP contribution < -0.4 is 5.32 Å². The van der Waals surface area contributed by atoms with Gasteiger partial charge >= 0.3 is 0 Å². The van der Waals surface area contributed by atoms with Crippen LogP contribution in [0.1, 0.15) is 43.7 Å². The molecule has 0 radical (unpaired) electrons. The maximum atomic E-state index is 5.76. The number of aryl methyl sites for hydroxylation is 1. The topological polar surface area (TPSA) is 21.3 Å². The van der Waals surface area contributed by atoms with Crippen LogP contribution in [0.25, 0.3) is 0 Å². The zero-order valence-electron chi connectivity index (χ0n) is 11.9. The molecule has 1 aliphatic carbocycles. The number of fused-ring (bicyclic) bond motifs is 1. The first-order valence-electron chi connectivity index (χ1n) is 7.79. The second-order valence-electron chi connectivity index (χ2n) is 6.00. The van der Waals surface area contributed by atoms with Crippen molar-refractivity contribution in [2.24, 2.45) is 0 Å². The van der Waals surface area contributed by atoms with E-state index >= 15 is 0 Å². The Bertz CT molecular complexity index is 417. The maximum absolute atomic E-state index is 5.76. The Morgan fingerprint density at radius 1 is 1.16 bits per heavy atom. The summed E-state index contributed by atoms with van der Waals surface area (Å²) in [4.78, 5) is 0. The summed E-state index contributed by atoms with van der Waals surface area (Å²) >= 11 is 0. The molecule has 2 heteroatoms. The first-order chi connectivity index (χ1) is 9.35. The Morgan fingerprint density at radius 3 is 2.84 bits per heavy atom. The summed E-state index contributed by atoms with van der Waals surface area (Å²) in [5.41, 5.74) is 3.10. The number of nitrogens with one attached hydrogen (secondary N) is 1. The second kappa shape index (κ2) is 6.06. The summed E-state index contributed by atoms with van der Waals surface area (Å²) in [7, 11) is 0. The molecule has 2 aliphatic rings. The first kappa shape index (κ1) is 13.1. The molecule has 1 fully saturated rings. The van der Waals surface area contributed by atoms with E-state index in [4.69, 9.17) is 4.74 Å². The van der Waals surface area contributed by atoms with Gasteiger partial charge < -0.3 is 10.1 Å². The number of benzene rings is 1. The zero-order chi connectivity index (χ0) is 13.1. The summed E-state index contributed by atoms with van der Waals surface area (Å²) in [6, 6.07) is 10.2. The van der Waals surface area contributed by atoms with Crippen LogP contribution in [0.2, 0.25) is 0 Å². The van der Waals surface area contributed by atoms with E-state index < -0.39 is 0 Å². The molecule has 19 heavy (non-hydrogen) atoms. The van der Waals surface area contributed by atoms with Crippen LogP contribution in [0.5, 0.6) is 0 Å². The Hall–Kier alpha value is -0.860. The molecule has 3 unspecified atom stereocenters. The third-order valence-corrected chi connectivity index (χ3v) is 4.64. The largest absolute Gasteiger partial charge is 0.378 e. The van der Waals surface area contributed by atoms with Gasteiger partial charge in [0, 0.05) is 18.7 Å². The van der Waals surface area contributed by atoms with E-state index in [0.717, 1.165) is 13.0 Å². The molecule has 1 N–H and O–H groups in total. The van der Waals surface area contributed by atoms with Crippen molar-refractivity contribution < 1.29 is 4.74 Å². The molecule has 0 amide bonds. The van der Waals surface area contributed by atoms with Crippen molar-refractivity contribution in [3.63, 3.8) is 0 Å². The predicted octanol–water partition coefficient (Wildman–Crippen LogP) is 3.09. The van der Waals surface area contributed by atoms with Crippen LogP contribution in [-0.4, -0.2) is 24.8 Å². The molecular weight excluding hydrogens is 234 g/mol. The third kappa shape index (κ3) is 3.18. The van der Waals surface area contributed by atoms with Crippen molar-refractivity contribution in [1.29, 1.82) is 0 Å². The van der Waals surface area contributed by atoms with E-state index in [2.05, 4.69) is 36.5 Å². The standard InChI is InChI=1S/C17H25NO/c1-2-17-12-16(9-10-19-17)18-15-8-7-13-5-3-4-6-14(13)11-15/h3-6,15-18H,2,7-12H2,1H3. The van der Waals surface area contributed by atoms with Gasteiger partial charge in [0.05, 0.1) is 6.10 Å². The lowest BCUT2D eigenvalue weighted by atomic mass is 9.87. The van der Waals surface area contributed by atoms with Crippen LogP contribution in [0.4, 0.5) is 0 Å². The Labute approximate surface area is 116 Å². The van der Waals surface area contributed by atoms with E-state index in [1.165, 1.54) is 32.1 Å². The lowest BCUT2D eigenvalue weighted by Crippen LogP contribution is -2.46. The van der Waals surface area contributed by atoms with E-state index in [0.29, 0.717) is 18.2 Å². The van der Waals surface area contributed by atoms with Crippen LogP contribution in [0, 0.1) is 0 Å². The lowest BCUT2D eigenvalue weighted by Gasteiger charge is -2.34. The average molecular weight is 259 g/mol. The van der Waals surface area contributed by atoms with Gasteiger partial charge in [-0.1, -0.05) is 31.2 Å². The number of rotatable bonds is 3. The van der Waals surface area contributed by atoms with Crippen molar-refractivity contribution in [2.45, 2.75) is 63.6 Å². The van der Waals surface area contributed by atoms with Gasteiger partial charge in [-0.25, -0.2) is 0 Å². The summed E-state index contributed by atoms with van der Waals surface area (Å²) < 4.78 is 5.76. The molecule has 0 saturated carbocycles. The molecule has 1 heterocycles. The van der Waals surface area contributed by atoms with Crippen LogP contribution in [0.3, 0.4) is 0 Å². The normalized spacial score (nSPS) is 30.9. The minimum Gasteiger partial charge on any atom is -0.378 e. The van der Waals surface area contributed by atoms with Crippen molar-refractivity contribution >= 4 is 0 Å². The summed E-state index contributed by atoms with van der Waals surface area (Å²) in [5, 5.41) is 3.88. The van der Waals surface area contributed by atoms with Gasteiger partial charge in [-0.3, -0.25) is 0 Å².